The summed E-state index contributed by atoms with van der Waals surface area (Å²) in [5.41, 5.74) is 0. The SMILES string of the molecule is COC(=O)CN(C)C(=O)CN1CCCNCC1. The van der Waals surface area contributed by atoms with Crippen LogP contribution in [0.15, 0.2) is 0 Å². The molecule has 1 aliphatic rings. The van der Waals surface area contributed by atoms with E-state index in [0.717, 1.165) is 32.6 Å². The number of methoxy groups -OCH3 is 1. The van der Waals surface area contributed by atoms with Crippen LogP contribution in [0.3, 0.4) is 0 Å². The van der Waals surface area contributed by atoms with E-state index >= 15 is 0 Å². The highest BCUT2D eigenvalue weighted by atomic mass is 16.5. The highest BCUT2D eigenvalue weighted by molar-refractivity contribution is 5.83. The zero-order valence-electron chi connectivity index (χ0n) is 10.6. The standard InChI is InChI=1S/C11H21N3O3/c1-13(9-11(16)17-2)10(15)8-14-6-3-4-12-5-7-14/h12H,3-9H2,1-2H3. The third-order valence-corrected chi connectivity index (χ3v) is 2.81. The normalized spacial score (nSPS) is 17.3. The van der Waals surface area contributed by atoms with Crippen LogP contribution in [-0.4, -0.2) is 75.1 Å². The predicted octanol–water partition coefficient (Wildman–Crippen LogP) is -1.09. The minimum Gasteiger partial charge on any atom is -0.468 e. The van der Waals surface area contributed by atoms with E-state index in [1.54, 1.807) is 7.05 Å². The zero-order chi connectivity index (χ0) is 12.7. The van der Waals surface area contributed by atoms with Gasteiger partial charge in [-0.15, -0.1) is 0 Å². The second-order valence-electron chi connectivity index (χ2n) is 4.21. The van der Waals surface area contributed by atoms with Gasteiger partial charge in [0.15, 0.2) is 0 Å². The molecule has 0 aliphatic carbocycles. The Morgan fingerprint density at radius 3 is 2.82 bits per heavy atom. The van der Waals surface area contributed by atoms with Crippen LogP contribution in [-0.2, 0) is 14.3 Å². The fraction of sp³-hybridized carbons (Fsp3) is 0.818. The number of rotatable bonds is 4. The van der Waals surface area contributed by atoms with Crippen LogP contribution in [0.5, 0.6) is 0 Å². The van der Waals surface area contributed by atoms with Crippen LogP contribution >= 0.6 is 0 Å². The van der Waals surface area contributed by atoms with Crippen molar-refractivity contribution < 1.29 is 14.3 Å². The molecule has 0 atom stereocenters. The number of hydrogen-bond acceptors (Lipinski definition) is 5. The summed E-state index contributed by atoms with van der Waals surface area (Å²) in [4.78, 5) is 26.4. The van der Waals surface area contributed by atoms with E-state index in [4.69, 9.17) is 0 Å². The maximum absolute atomic E-state index is 11.8. The van der Waals surface area contributed by atoms with Gasteiger partial charge in [-0.3, -0.25) is 14.5 Å². The van der Waals surface area contributed by atoms with Crippen LogP contribution in [0, 0.1) is 0 Å². The maximum Gasteiger partial charge on any atom is 0.325 e. The fourth-order valence-corrected chi connectivity index (χ4v) is 1.72. The van der Waals surface area contributed by atoms with Gasteiger partial charge < -0.3 is 15.0 Å². The fourth-order valence-electron chi connectivity index (χ4n) is 1.72. The average Bonchev–Trinajstić information content (AvgIpc) is 2.57. The molecule has 6 nitrogen and oxygen atoms in total. The van der Waals surface area contributed by atoms with E-state index in [-0.39, 0.29) is 12.5 Å². The molecular weight excluding hydrogens is 222 g/mol. The van der Waals surface area contributed by atoms with E-state index < -0.39 is 5.97 Å². The first-order chi connectivity index (χ1) is 8.13. The Balaban J connectivity index is 2.33. The van der Waals surface area contributed by atoms with Crippen molar-refractivity contribution >= 4 is 11.9 Å². The summed E-state index contributed by atoms with van der Waals surface area (Å²) >= 11 is 0. The topological polar surface area (TPSA) is 61.9 Å². The van der Waals surface area contributed by atoms with Gasteiger partial charge in [0, 0.05) is 20.1 Å². The zero-order valence-corrected chi connectivity index (χ0v) is 10.6. The van der Waals surface area contributed by atoms with Crippen molar-refractivity contribution in [2.24, 2.45) is 0 Å². The van der Waals surface area contributed by atoms with Gasteiger partial charge >= 0.3 is 5.97 Å². The van der Waals surface area contributed by atoms with E-state index in [9.17, 15) is 9.59 Å². The molecule has 0 unspecified atom stereocenters. The Morgan fingerprint density at radius 2 is 2.12 bits per heavy atom. The number of likely N-dealkylation sites (N-methyl/N-ethyl adjacent to an activating group) is 1. The molecule has 0 bridgehead atoms. The molecule has 1 aliphatic heterocycles. The first-order valence-electron chi connectivity index (χ1n) is 5.87. The lowest BCUT2D eigenvalue weighted by atomic mass is 10.3. The van der Waals surface area contributed by atoms with Crippen LogP contribution in [0.25, 0.3) is 0 Å². The van der Waals surface area contributed by atoms with Crippen LogP contribution in [0.4, 0.5) is 0 Å². The number of hydrogen-bond donors (Lipinski definition) is 1. The van der Waals surface area contributed by atoms with Crippen molar-refractivity contribution in [2.75, 3.05) is 53.4 Å². The van der Waals surface area contributed by atoms with E-state index in [1.165, 1.54) is 12.0 Å². The highest BCUT2D eigenvalue weighted by Crippen LogP contribution is 1.97. The monoisotopic (exact) mass is 243 g/mol. The first-order valence-corrected chi connectivity index (χ1v) is 5.87. The van der Waals surface area contributed by atoms with Crippen LogP contribution in [0.2, 0.25) is 0 Å². The van der Waals surface area contributed by atoms with Gasteiger partial charge in [0.2, 0.25) is 5.91 Å². The summed E-state index contributed by atoms with van der Waals surface area (Å²) in [6, 6.07) is 0. The first kappa shape index (κ1) is 13.9. The van der Waals surface area contributed by atoms with E-state index in [2.05, 4.69) is 15.0 Å². The van der Waals surface area contributed by atoms with Crippen LogP contribution < -0.4 is 5.32 Å². The Labute approximate surface area is 102 Å². The lowest BCUT2D eigenvalue weighted by Gasteiger charge is -2.22. The predicted molar refractivity (Wildman–Crippen MR) is 63.6 cm³/mol. The van der Waals surface area contributed by atoms with Gasteiger partial charge in [-0.2, -0.15) is 0 Å². The highest BCUT2D eigenvalue weighted by Gasteiger charge is 2.17. The molecule has 98 valence electrons. The molecule has 0 saturated carbocycles. The van der Waals surface area contributed by atoms with E-state index in [1.807, 2.05) is 0 Å². The molecule has 1 N–H and O–H groups in total. The van der Waals surface area contributed by atoms with Crippen molar-refractivity contribution in [3.8, 4) is 0 Å². The molecule has 6 heteroatoms. The van der Waals surface area contributed by atoms with Gasteiger partial charge in [0.25, 0.3) is 0 Å². The van der Waals surface area contributed by atoms with Crippen molar-refractivity contribution in [1.29, 1.82) is 0 Å². The number of nitrogens with one attached hydrogen (secondary N) is 1. The number of carbonyl (C=O) groups excluding carboxylic acids is 2. The van der Waals surface area contributed by atoms with Crippen molar-refractivity contribution in [3.63, 3.8) is 0 Å². The molecule has 0 radical (unpaired) electrons. The molecule has 0 aromatic carbocycles. The van der Waals surface area contributed by atoms with Gasteiger partial charge in [-0.25, -0.2) is 0 Å². The minimum atomic E-state index is -0.390. The summed E-state index contributed by atoms with van der Waals surface area (Å²) < 4.78 is 4.52. The quantitative estimate of drug-likeness (QED) is 0.636. The summed E-state index contributed by atoms with van der Waals surface area (Å²) in [6.07, 6.45) is 1.05. The molecule has 1 rings (SSSR count). The second kappa shape index (κ2) is 7.24. The Bertz CT molecular complexity index is 263. The van der Waals surface area contributed by atoms with Crippen molar-refractivity contribution in [2.45, 2.75) is 6.42 Å². The van der Waals surface area contributed by atoms with Crippen LogP contribution in [0.1, 0.15) is 6.42 Å². The van der Waals surface area contributed by atoms with Gasteiger partial charge in [-0.05, 0) is 19.5 Å². The summed E-state index contributed by atoms with van der Waals surface area (Å²) in [7, 11) is 2.94. The molecule has 1 fully saturated rings. The summed E-state index contributed by atoms with van der Waals surface area (Å²) in [5.74, 6) is -0.435. The molecule has 1 saturated heterocycles. The molecule has 0 aromatic heterocycles. The number of carbonyl (C=O) groups is 2. The van der Waals surface area contributed by atoms with Gasteiger partial charge in [0.05, 0.1) is 13.7 Å². The number of esters is 1. The average molecular weight is 243 g/mol. The largest absolute Gasteiger partial charge is 0.468 e. The number of ether oxygens (including phenoxy) is 1. The smallest absolute Gasteiger partial charge is 0.325 e. The summed E-state index contributed by atoms with van der Waals surface area (Å²) in [5, 5.41) is 3.28. The minimum absolute atomic E-state index is 0.0153. The number of amides is 1. The van der Waals surface area contributed by atoms with Gasteiger partial charge in [0.1, 0.15) is 6.54 Å². The second-order valence-corrected chi connectivity index (χ2v) is 4.21. The Kier molecular flexibility index (Phi) is 5.93. The van der Waals surface area contributed by atoms with E-state index in [0.29, 0.717) is 6.54 Å². The molecular formula is C11H21N3O3. The van der Waals surface area contributed by atoms with Gasteiger partial charge in [-0.1, -0.05) is 0 Å². The Hall–Kier alpha value is -1.14. The molecule has 0 aromatic rings. The molecule has 17 heavy (non-hydrogen) atoms. The van der Waals surface area contributed by atoms with Crippen molar-refractivity contribution in [3.05, 3.63) is 0 Å². The third-order valence-electron chi connectivity index (χ3n) is 2.81. The van der Waals surface area contributed by atoms with Crippen molar-refractivity contribution in [1.82, 2.24) is 15.1 Å². The lowest BCUT2D eigenvalue weighted by Crippen LogP contribution is -2.41. The molecule has 0 spiro atoms. The lowest BCUT2D eigenvalue weighted by molar-refractivity contribution is -0.146. The number of nitrogens with zero attached hydrogens (tertiary/aromatic N) is 2. The third kappa shape index (κ3) is 5.14. The Morgan fingerprint density at radius 1 is 1.35 bits per heavy atom. The molecule has 1 amide bonds. The molecule has 1 heterocycles. The summed E-state index contributed by atoms with van der Waals surface area (Å²) in [6.45, 7) is 4.09. The maximum atomic E-state index is 11.8.